The van der Waals surface area contributed by atoms with Crippen molar-refractivity contribution in [2.24, 2.45) is 0 Å². The molecule has 3 heteroatoms. The summed E-state index contributed by atoms with van der Waals surface area (Å²) in [6.45, 7) is 0. The smallest absolute Gasteiger partial charge is 0.351 e. The Morgan fingerprint density at radius 1 is 1.11 bits per heavy atom. The van der Waals surface area contributed by atoms with Crippen molar-refractivity contribution in [1.82, 2.24) is 0 Å². The lowest BCUT2D eigenvalue weighted by atomic mass is 10.1. The quantitative estimate of drug-likeness (QED) is 0.482. The summed E-state index contributed by atoms with van der Waals surface area (Å²) < 4.78 is 12.0. The number of rotatable bonds is 1. The predicted molar refractivity (Wildman–Crippen MR) is 77.2 cm³/mol. The first-order valence-electron chi connectivity index (χ1n) is 5.70. The Bertz CT molecular complexity index is 743. The van der Waals surface area contributed by atoms with Gasteiger partial charge in [0.2, 0.25) is 0 Å². The lowest BCUT2D eigenvalue weighted by Gasteiger charge is -2.07. The molecule has 0 saturated carbocycles. The summed E-state index contributed by atoms with van der Waals surface area (Å²) in [4.78, 5) is 1.22. The van der Waals surface area contributed by atoms with Crippen molar-refractivity contribution in [3.63, 3.8) is 0 Å². The molecular weight excluding hydrogens is 244 g/mol. The molecule has 1 aliphatic heterocycles. The van der Waals surface area contributed by atoms with E-state index in [9.17, 15) is 0 Å². The molecule has 2 aliphatic rings. The molecule has 0 N–H and O–H groups in total. The standard InChI is InChI=1S/C15H13O2S/c1-16-12-5-3-7-14-10(12)9-11-13(17-2)6-4-8-15(11)18-14/h3-9H,1-2H3/q+1. The van der Waals surface area contributed by atoms with E-state index in [4.69, 9.17) is 9.16 Å². The Labute approximate surface area is 109 Å². The van der Waals surface area contributed by atoms with E-state index in [2.05, 4.69) is 18.2 Å². The molecule has 90 valence electrons. The van der Waals surface area contributed by atoms with Gasteiger partial charge in [-0.3, -0.25) is 4.42 Å². The van der Waals surface area contributed by atoms with Crippen LogP contribution in [0.2, 0.25) is 0 Å². The molecule has 1 aromatic carbocycles. The molecule has 0 unspecified atom stereocenters. The second kappa shape index (κ2) is 4.42. The molecule has 1 heterocycles. The van der Waals surface area contributed by atoms with Crippen LogP contribution in [0.4, 0.5) is 0 Å². The highest BCUT2D eigenvalue weighted by Crippen LogP contribution is 2.35. The van der Waals surface area contributed by atoms with Crippen molar-refractivity contribution < 1.29 is 4.74 Å². The van der Waals surface area contributed by atoms with Crippen LogP contribution in [0, 0.1) is 0 Å². The SMILES string of the molecule is COc1cccc2sc3cccc(=[O+]C)c-3cc12. The number of fused-ring (bicyclic) bond motifs is 2. The minimum Gasteiger partial charge on any atom is -0.496 e. The van der Waals surface area contributed by atoms with E-state index in [1.165, 1.54) is 9.58 Å². The summed E-state index contributed by atoms with van der Waals surface area (Å²) >= 11 is 1.75. The highest BCUT2D eigenvalue weighted by Gasteiger charge is 2.13. The zero-order valence-corrected chi connectivity index (χ0v) is 11.1. The van der Waals surface area contributed by atoms with E-state index in [0.29, 0.717) is 0 Å². The Morgan fingerprint density at radius 2 is 1.94 bits per heavy atom. The van der Waals surface area contributed by atoms with Gasteiger partial charge in [0.15, 0.2) is 0 Å². The van der Waals surface area contributed by atoms with Crippen molar-refractivity contribution in [2.45, 2.75) is 0 Å². The van der Waals surface area contributed by atoms with Crippen molar-refractivity contribution in [1.29, 1.82) is 0 Å². The van der Waals surface area contributed by atoms with Crippen LogP contribution in [0.15, 0.2) is 46.9 Å². The first kappa shape index (κ1) is 11.2. The highest BCUT2D eigenvalue weighted by molar-refractivity contribution is 7.21. The zero-order chi connectivity index (χ0) is 12.5. The van der Waals surface area contributed by atoms with Gasteiger partial charge in [0.25, 0.3) is 7.11 Å². The molecule has 0 amide bonds. The van der Waals surface area contributed by atoms with Gasteiger partial charge in [-0.2, -0.15) is 0 Å². The number of methoxy groups -OCH3 is 1. The zero-order valence-electron chi connectivity index (χ0n) is 10.3. The Balaban J connectivity index is 2.49. The van der Waals surface area contributed by atoms with Crippen molar-refractivity contribution >= 4 is 21.4 Å². The molecule has 0 atom stereocenters. The van der Waals surface area contributed by atoms with Gasteiger partial charge >= 0.3 is 5.43 Å². The number of hydrogen-bond donors (Lipinski definition) is 0. The van der Waals surface area contributed by atoms with Gasteiger partial charge in [-0.15, -0.1) is 11.3 Å². The minimum atomic E-state index is 0.900. The molecule has 0 bridgehead atoms. The monoisotopic (exact) mass is 257 g/mol. The van der Waals surface area contributed by atoms with Crippen LogP contribution in [0.5, 0.6) is 5.75 Å². The third-order valence-electron chi connectivity index (χ3n) is 3.00. The summed E-state index contributed by atoms with van der Waals surface area (Å²) in [6.07, 6.45) is 0. The van der Waals surface area contributed by atoms with Crippen molar-refractivity contribution in [3.8, 4) is 16.2 Å². The third kappa shape index (κ3) is 1.68. The van der Waals surface area contributed by atoms with Gasteiger partial charge < -0.3 is 4.74 Å². The second-order valence-corrected chi connectivity index (χ2v) is 5.07. The molecule has 0 saturated heterocycles. The molecule has 0 radical (unpaired) electrons. The fourth-order valence-electron chi connectivity index (χ4n) is 2.13. The Hall–Kier alpha value is -1.87. The lowest BCUT2D eigenvalue weighted by Crippen LogP contribution is -2.04. The van der Waals surface area contributed by atoms with E-state index < -0.39 is 0 Å². The van der Waals surface area contributed by atoms with Crippen LogP contribution in [-0.2, 0) is 0 Å². The Morgan fingerprint density at radius 3 is 2.72 bits per heavy atom. The molecule has 1 aromatic rings. The van der Waals surface area contributed by atoms with Crippen LogP contribution in [0.1, 0.15) is 0 Å². The predicted octanol–water partition coefficient (Wildman–Crippen LogP) is 3.54. The molecule has 0 aromatic heterocycles. The van der Waals surface area contributed by atoms with Gasteiger partial charge in [-0.05, 0) is 24.3 Å². The lowest BCUT2D eigenvalue weighted by molar-refractivity contribution is 0.420. The van der Waals surface area contributed by atoms with Gasteiger partial charge in [0.05, 0.1) is 12.7 Å². The van der Waals surface area contributed by atoms with Crippen molar-refractivity contribution in [3.05, 3.63) is 52.3 Å². The van der Waals surface area contributed by atoms with Crippen LogP contribution in [-0.4, -0.2) is 14.2 Å². The van der Waals surface area contributed by atoms with Crippen LogP contribution in [0.25, 0.3) is 20.5 Å². The molecule has 2 nitrogen and oxygen atoms in total. The first-order valence-corrected chi connectivity index (χ1v) is 6.51. The maximum Gasteiger partial charge on any atom is 0.351 e. The molecule has 0 spiro atoms. The van der Waals surface area contributed by atoms with E-state index in [1.807, 2.05) is 24.3 Å². The fourth-order valence-corrected chi connectivity index (χ4v) is 3.20. The first-order chi connectivity index (χ1) is 8.83. The minimum absolute atomic E-state index is 0.900. The Kier molecular flexibility index (Phi) is 2.76. The summed E-state index contributed by atoms with van der Waals surface area (Å²) in [5, 5.41) is 1.13. The molecule has 3 rings (SSSR count). The molecule has 1 aliphatic carbocycles. The van der Waals surface area contributed by atoms with Gasteiger partial charge in [-0.1, -0.05) is 12.1 Å². The van der Waals surface area contributed by atoms with E-state index in [1.54, 1.807) is 25.6 Å². The summed E-state index contributed by atoms with van der Waals surface area (Å²) in [5.74, 6) is 0.900. The summed E-state index contributed by atoms with van der Waals surface area (Å²) in [5.41, 5.74) is 2.03. The van der Waals surface area contributed by atoms with Crippen molar-refractivity contribution in [2.75, 3.05) is 14.2 Å². The van der Waals surface area contributed by atoms with Gasteiger partial charge in [0, 0.05) is 21.0 Å². The fraction of sp³-hybridized carbons (Fsp3) is 0.133. The van der Waals surface area contributed by atoms with Crippen LogP contribution < -0.4 is 10.2 Å². The van der Waals surface area contributed by atoms with E-state index in [0.717, 1.165) is 22.1 Å². The molecular formula is C15H13O2S+. The van der Waals surface area contributed by atoms with E-state index in [-0.39, 0.29) is 0 Å². The number of hydrogen-bond acceptors (Lipinski definition) is 2. The normalized spacial score (nSPS) is 12.2. The van der Waals surface area contributed by atoms with Gasteiger partial charge in [0.1, 0.15) is 5.75 Å². The maximum absolute atomic E-state index is 5.42. The van der Waals surface area contributed by atoms with Gasteiger partial charge in [-0.25, -0.2) is 0 Å². The molecule has 0 fully saturated rings. The van der Waals surface area contributed by atoms with Crippen LogP contribution in [0.3, 0.4) is 0 Å². The topological polar surface area (TPSA) is 20.5 Å². The number of ether oxygens (including phenoxy) is 1. The van der Waals surface area contributed by atoms with E-state index >= 15 is 0 Å². The number of benzene rings is 2. The average Bonchev–Trinajstić information content (AvgIpc) is 2.43. The maximum atomic E-state index is 5.42. The average molecular weight is 257 g/mol. The third-order valence-corrected chi connectivity index (χ3v) is 4.15. The van der Waals surface area contributed by atoms with Crippen LogP contribution >= 0.6 is 11.3 Å². The summed E-state index contributed by atoms with van der Waals surface area (Å²) in [6, 6.07) is 14.4. The largest absolute Gasteiger partial charge is 0.496 e. The second-order valence-electron chi connectivity index (χ2n) is 3.99. The summed E-state index contributed by atoms with van der Waals surface area (Å²) in [7, 11) is 3.40. The molecule has 18 heavy (non-hydrogen) atoms. The highest BCUT2D eigenvalue weighted by atomic mass is 32.1.